The summed E-state index contributed by atoms with van der Waals surface area (Å²) >= 11 is 0. The van der Waals surface area contributed by atoms with Gasteiger partial charge in [0.25, 0.3) is 10.1 Å². The minimum atomic E-state index is -4.44. The molecule has 1 atom stereocenters. The van der Waals surface area contributed by atoms with E-state index in [1.165, 1.54) is 6.92 Å². The Morgan fingerprint density at radius 2 is 2.00 bits per heavy atom. The van der Waals surface area contributed by atoms with E-state index in [-0.39, 0.29) is 0 Å². The van der Waals surface area contributed by atoms with Crippen molar-refractivity contribution in [2.24, 2.45) is 0 Å². The lowest BCUT2D eigenvalue weighted by molar-refractivity contribution is -0.132. The molecule has 0 rings (SSSR count). The van der Waals surface area contributed by atoms with Gasteiger partial charge in [-0.1, -0.05) is 12.2 Å². The fourth-order valence-corrected chi connectivity index (χ4v) is 1.62. The minimum Gasteiger partial charge on any atom is -0.478 e. The van der Waals surface area contributed by atoms with Gasteiger partial charge in [0.05, 0.1) is 5.57 Å². The maximum atomic E-state index is 10.6. The smallest absolute Gasteiger partial charge is 0.332 e. The van der Waals surface area contributed by atoms with Crippen LogP contribution in [0.1, 0.15) is 6.92 Å². The van der Waals surface area contributed by atoms with Gasteiger partial charge in [-0.05, 0) is 6.92 Å². The Morgan fingerprint density at radius 3 is 2.08 bits per heavy atom. The summed E-state index contributed by atoms with van der Waals surface area (Å²) in [6, 6.07) is 0. The summed E-state index contributed by atoms with van der Waals surface area (Å²) < 4.78 is 29.9. The third-order valence-corrected chi connectivity index (χ3v) is 2.49. The molecular weight excluding hydrogens is 196 g/mol. The molecule has 0 aliphatic heterocycles. The van der Waals surface area contributed by atoms with Gasteiger partial charge < -0.3 is 5.11 Å². The number of rotatable bonds is 4. The molecular formula is C7H10O5S. The predicted molar refractivity (Wildman–Crippen MR) is 46.9 cm³/mol. The van der Waals surface area contributed by atoms with Crippen molar-refractivity contribution >= 4 is 16.1 Å². The van der Waals surface area contributed by atoms with Crippen molar-refractivity contribution in [3.05, 3.63) is 24.3 Å². The normalized spacial score (nSPS) is 15.1. The van der Waals surface area contributed by atoms with Crippen LogP contribution in [0.3, 0.4) is 0 Å². The molecule has 0 aromatic carbocycles. The van der Waals surface area contributed by atoms with Crippen molar-refractivity contribution < 1.29 is 22.9 Å². The minimum absolute atomic E-state index is 0.419. The molecule has 74 valence electrons. The van der Waals surface area contributed by atoms with Crippen LogP contribution in [-0.2, 0) is 14.9 Å². The van der Waals surface area contributed by atoms with E-state index in [4.69, 9.17) is 9.66 Å². The number of aliphatic carboxylic acids is 1. The van der Waals surface area contributed by atoms with E-state index < -0.39 is 26.9 Å². The van der Waals surface area contributed by atoms with Crippen molar-refractivity contribution in [2.45, 2.75) is 12.2 Å². The Morgan fingerprint density at radius 1 is 1.54 bits per heavy atom. The van der Waals surface area contributed by atoms with E-state index in [1.54, 1.807) is 0 Å². The lowest BCUT2D eigenvalue weighted by Crippen LogP contribution is -2.24. The summed E-state index contributed by atoms with van der Waals surface area (Å²) in [5.41, 5.74) is -0.419. The second-order valence-electron chi connectivity index (χ2n) is 2.22. The van der Waals surface area contributed by atoms with Crippen molar-refractivity contribution in [1.29, 1.82) is 0 Å². The van der Waals surface area contributed by atoms with E-state index in [9.17, 15) is 13.2 Å². The van der Waals surface area contributed by atoms with Crippen LogP contribution >= 0.6 is 0 Å². The molecule has 0 aromatic rings. The second kappa shape index (κ2) is 4.20. The fraction of sp³-hybridized carbons (Fsp3) is 0.286. The van der Waals surface area contributed by atoms with Crippen LogP contribution in [0.4, 0.5) is 0 Å². The van der Waals surface area contributed by atoms with Gasteiger partial charge in [0.2, 0.25) is 0 Å². The van der Waals surface area contributed by atoms with Crippen LogP contribution in [-0.4, -0.2) is 29.3 Å². The predicted octanol–water partition coefficient (Wildman–Crippen LogP) is 0.460. The largest absolute Gasteiger partial charge is 0.478 e. The zero-order valence-corrected chi connectivity index (χ0v) is 7.78. The standard InChI is InChI=1S/C7H10O5S/c1-3-5(7(8)9)6(4-2)13(10,11)12/h3-4,6H,2H2,1H3,(H,8,9)(H,10,11,12). The Balaban J connectivity index is 5.23. The second-order valence-corrected chi connectivity index (χ2v) is 3.76. The average molecular weight is 206 g/mol. The third-order valence-electron chi connectivity index (χ3n) is 1.40. The van der Waals surface area contributed by atoms with Crippen molar-refractivity contribution in [3.63, 3.8) is 0 Å². The first-order chi connectivity index (χ1) is 5.84. The maximum absolute atomic E-state index is 10.6. The maximum Gasteiger partial charge on any atom is 0.332 e. The molecule has 5 nitrogen and oxygen atoms in total. The van der Waals surface area contributed by atoms with Gasteiger partial charge in [-0.15, -0.1) is 6.58 Å². The lowest BCUT2D eigenvalue weighted by Gasteiger charge is -2.08. The number of hydrogen-bond donors (Lipinski definition) is 2. The van der Waals surface area contributed by atoms with Crippen LogP contribution in [0.15, 0.2) is 24.3 Å². The fourth-order valence-electron chi connectivity index (χ4n) is 0.818. The molecule has 0 amide bonds. The summed E-state index contributed by atoms with van der Waals surface area (Å²) in [6.45, 7) is 4.50. The number of carbonyl (C=O) groups is 1. The Labute approximate surface area is 76.1 Å². The van der Waals surface area contributed by atoms with Gasteiger partial charge in [-0.3, -0.25) is 4.55 Å². The van der Waals surface area contributed by atoms with Crippen LogP contribution in [0.25, 0.3) is 0 Å². The first-order valence-corrected chi connectivity index (χ1v) is 4.83. The highest BCUT2D eigenvalue weighted by Gasteiger charge is 2.27. The first-order valence-electron chi connectivity index (χ1n) is 3.33. The summed E-state index contributed by atoms with van der Waals surface area (Å²) in [7, 11) is -4.44. The Kier molecular flexibility index (Phi) is 3.83. The average Bonchev–Trinajstić information content (AvgIpc) is 1.96. The highest BCUT2D eigenvalue weighted by atomic mass is 32.2. The molecule has 0 aromatic heterocycles. The summed E-state index contributed by atoms with van der Waals surface area (Å²) in [5, 5.41) is 6.97. The number of carboxylic acid groups (broad SMARTS) is 1. The highest BCUT2D eigenvalue weighted by Crippen LogP contribution is 2.12. The number of allylic oxidation sites excluding steroid dienone is 1. The Hall–Kier alpha value is -1.14. The number of carboxylic acids is 1. The van der Waals surface area contributed by atoms with Crippen molar-refractivity contribution in [2.75, 3.05) is 0 Å². The molecule has 0 fully saturated rings. The molecule has 0 aliphatic carbocycles. The molecule has 0 saturated carbocycles. The van der Waals surface area contributed by atoms with Crippen LogP contribution in [0.5, 0.6) is 0 Å². The lowest BCUT2D eigenvalue weighted by atomic mass is 10.2. The molecule has 0 bridgehead atoms. The molecule has 0 aliphatic rings. The zero-order valence-electron chi connectivity index (χ0n) is 6.97. The van der Waals surface area contributed by atoms with Gasteiger partial charge >= 0.3 is 5.97 Å². The molecule has 0 radical (unpaired) electrons. The van der Waals surface area contributed by atoms with Gasteiger partial charge in [0.15, 0.2) is 0 Å². The molecule has 13 heavy (non-hydrogen) atoms. The van der Waals surface area contributed by atoms with E-state index in [0.717, 1.165) is 12.2 Å². The van der Waals surface area contributed by atoms with E-state index in [1.807, 2.05) is 0 Å². The quantitative estimate of drug-likeness (QED) is 0.396. The van der Waals surface area contributed by atoms with E-state index in [2.05, 4.69) is 6.58 Å². The van der Waals surface area contributed by atoms with Crippen LogP contribution in [0.2, 0.25) is 0 Å². The van der Waals surface area contributed by atoms with Crippen LogP contribution in [0, 0.1) is 0 Å². The molecule has 0 saturated heterocycles. The highest BCUT2D eigenvalue weighted by molar-refractivity contribution is 7.86. The van der Waals surface area contributed by atoms with E-state index >= 15 is 0 Å². The van der Waals surface area contributed by atoms with Gasteiger partial charge in [0.1, 0.15) is 5.25 Å². The SMILES string of the molecule is C=CC(C(=CC)C(=O)O)S(=O)(=O)O. The summed E-state index contributed by atoms with van der Waals surface area (Å²) in [5.74, 6) is -1.40. The molecule has 0 spiro atoms. The van der Waals surface area contributed by atoms with Crippen LogP contribution < -0.4 is 0 Å². The topological polar surface area (TPSA) is 91.7 Å². The zero-order chi connectivity index (χ0) is 10.6. The van der Waals surface area contributed by atoms with Gasteiger partial charge in [-0.25, -0.2) is 4.79 Å². The first kappa shape index (κ1) is 11.9. The van der Waals surface area contributed by atoms with Crippen molar-refractivity contribution in [1.82, 2.24) is 0 Å². The summed E-state index contributed by atoms with van der Waals surface area (Å²) in [6.07, 6.45) is 1.96. The third kappa shape index (κ3) is 3.00. The van der Waals surface area contributed by atoms with Gasteiger partial charge in [-0.2, -0.15) is 8.42 Å². The summed E-state index contributed by atoms with van der Waals surface area (Å²) in [4.78, 5) is 10.5. The molecule has 1 unspecified atom stereocenters. The monoisotopic (exact) mass is 206 g/mol. The number of hydrogen-bond acceptors (Lipinski definition) is 3. The molecule has 6 heteroatoms. The molecule has 2 N–H and O–H groups in total. The Bertz CT molecular complexity index is 338. The van der Waals surface area contributed by atoms with Gasteiger partial charge in [0, 0.05) is 0 Å². The van der Waals surface area contributed by atoms with Crippen molar-refractivity contribution in [3.8, 4) is 0 Å². The molecule has 0 heterocycles. The van der Waals surface area contributed by atoms with E-state index in [0.29, 0.717) is 0 Å².